The number of hydrogen-bond acceptors (Lipinski definition) is 5. The van der Waals surface area contributed by atoms with Gasteiger partial charge in [-0.2, -0.15) is 0 Å². The molecule has 0 saturated heterocycles. The average Bonchev–Trinajstić information content (AvgIpc) is 3.36. The number of benzene rings is 2. The van der Waals surface area contributed by atoms with Crippen LogP contribution < -0.4 is 0 Å². The first kappa shape index (κ1) is 14.9. The van der Waals surface area contributed by atoms with E-state index in [2.05, 4.69) is 5.16 Å². The van der Waals surface area contributed by atoms with Crippen LogP contribution in [-0.4, -0.2) is 17.1 Å². The van der Waals surface area contributed by atoms with Crippen molar-refractivity contribution in [3.05, 3.63) is 75.8 Å². The van der Waals surface area contributed by atoms with Crippen LogP contribution in [0.3, 0.4) is 0 Å². The third kappa shape index (κ3) is 3.60. The maximum absolute atomic E-state index is 11.9. The van der Waals surface area contributed by atoms with E-state index >= 15 is 0 Å². The predicted molar refractivity (Wildman–Crippen MR) is 84.1 cm³/mol. The quantitative estimate of drug-likeness (QED) is 0.367. The smallest absolute Gasteiger partial charge is 0.318 e. The van der Waals surface area contributed by atoms with Crippen molar-refractivity contribution in [2.24, 2.45) is 11.1 Å². The standard InChI is InChI=1S/C17H14N2O4/c20-17(16-10-15(16)13-6-2-1-3-7-13)23-18-11-12-5-4-8-14(9-12)19(21)22/h1-9,11,15-16H,10H2/b18-11+/t15-,16+/m1/s1. The summed E-state index contributed by atoms with van der Waals surface area (Å²) in [5.74, 6) is -0.350. The van der Waals surface area contributed by atoms with Gasteiger partial charge in [-0.25, -0.2) is 4.79 Å². The van der Waals surface area contributed by atoms with Crippen LogP contribution in [0, 0.1) is 16.0 Å². The highest BCUT2D eigenvalue weighted by atomic mass is 16.7. The summed E-state index contributed by atoms with van der Waals surface area (Å²) >= 11 is 0. The molecular weight excluding hydrogens is 296 g/mol. The van der Waals surface area contributed by atoms with Crippen molar-refractivity contribution in [3.8, 4) is 0 Å². The lowest BCUT2D eigenvalue weighted by Crippen LogP contribution is -2.04. The topological polar surface area (TPSA) is 81.8 Å². The largest absolute Gasteiger partial charge is 0.338 e. The molecule has 2 aromatic carbocycles. The van der Waals surface area contributed by atoms with E-state index in [-0.39, 0.29) is 23.5 Å². The zero-order valence-corrected chi connectivity index (χ0v) is 12.2. The van der Waals surface area contributed by atoms with Crippen LogP contribution in [0.4, 0.5) is 5.69 Å². The van der Waals surface area contributed by atoms with E-state index in [0.29, 0.717) is 5.56 Å². The Kier molecular flexibility index (Phi) is 4.14. The lowest BCUT2D eigenvalue weighted by atomic mass is 10.1. The molecule has 23 heavy (non-hydrogen) atoms. The van der Waals surface area contributed by atoms with Gasteiger partial charge in [-0.05, 0) is 17.9 Å². The number of carbonyl (C=O) groups excluding carboxylic acids is 1. The summed E-state index contributed by atoms with van der Waals surface area (Å²) in [4.78, 5) is 27.0. The fourth-order valence-electron chi connectivity index (χ4n) is 2.45. The molecule has 6 nitrogen and oxygen atoms in total. The van der Waals surface area contributed by atoms with Crippen LogP contribution in [0.5, 0.6) is 0 Å². The minimum atomic E-state index is -0.488. The summed E-state index contributed by atoms with van der Waals surface area (Å²) in [6.45, 7) is 0. The normalized spacial score (nSPS) is 19.5. The van der Waals surface area contributed by atoms with E-state index in [9.17, 15) is 14.9 Å². The van der Waals surface area contributed by atoms with E-state index in [1.54, 1.807) is 12.1 Å². The number of rotatable bonds is 5. The van der Waals surface area contributed by atoms with Crippen LogP contribution in [0.2, 0.25) is 0 Å². The molecule has 0 N–H and O–H groups in total. The highest BCUT2D eigenvalue weighted by Crippen LogP contribution is 2.48. The van der Waals surface area contributed by atoms with Gasteiger partial charge in [0.05, 0.1) is 17.1 Å². The molecule has 0 radical (unpaired) electrons. The highest BCUT2D eigenvalue weighted by Gasteiger charge is 2.45. The molecule has 3 rings (SSSR count). The first-order valence-electron chi connectivity index (χ1n) is 7.19. The highest BCUT2D eigenvalue weighted by molar-refractivity contribution is 5.82. The number of non-ortho nitro benzene ring substituents is 1. The molecular formula is C17H14N2O4. The minimum absolute atomic E-state index is 0.0355. The van der Waals surface area contributed by atoms with E-state index < -0.39 is 4.92 Å². The number of hydrogen-bond donors (Lipinski definition) is 0. The third-order valence-corrected chi connectivity index (χ3v) is 3.75. The molecule has 0 aliphatic heterocycles. The Morgan fingerprint density at radius 3 is 2.74 bits per heavy atom. The van der Waals surface area contributed by atoms with Crippen molar-refractivity contribution in [2.45, 2.75) is 12.3 Å². The fraction of sp³-hybridized carbons (Fsp3) is 0.176. The maximum Gasteiger partial charge on any atom is 0.338 e. The second-order valence-corrected chi connectivity index (χ2v) is 5.36. The van der Waals surface area contributed by atoms with E-state index in [1.807, 2.05) is 30.3 Å². The van der Waals surface area contributed by atoms with Gasteiger partial charge in [-0.1, -0.05) is 47.6 Å². The van der Waals surface area contributed by atoms with Crippen molar-refractivity contribution >= 4 is 17.9 Å². The Labute approximate surface area is 132 Å². The lowest BCUT2D eigenvalue weighted by molar-refractivity contribution is -0.384. The number of nitro benzene ring substituents is 1. The number of carbonyl (C=O) groups is 1. The predicted octanol–water partition coefficient (Wildman–Crippen LogP) is 3.28. The number of nitrogens with zero attached hydrogens (tertiary/aromatic N) is 2. The van der Waals surface area contributed by atoms with Crippen molar-refractivity contribution < 1.29 is 14.6 Å². The molecule has 1 fully saturated rings. The Bertz CT molecular complexity index is 758. The van der Waals surface area contributed by atoms with Gasteiger partial charge in [0.2, 0.25) is 0 Å². The summed E-state index contributed by atoms with van der Waals surface area (Å²) < 4.78 is 0. The SMILES string of the molecule is O=C(O/N=C/c1cccc([N+](=O)[O-])c1)[C@H]1C[C@@H]1c1ccccc1. The average molecular weight is 310 g/mol. The first-order valence-corrected chi connectivity index (χ1v) is 7.19. The maximum atomic E-state index is 11.9. The Morgan fingerprint density at radius 1 is 1.22 bits per heavy atom. The van der Waals surface area contributed by atoms with Crippen LogP contribution >= 0.6 is 0 Å². The molecule has 2 aromatic rings. The van der Waals surface area contributed by atoms with Gasteiger partial charge >= 0.3 is 5.97 Å². The molecule has 0 heterocycles. The summed E-state index contributed by atoms with van der Waals surface area (Å²) in [5.41, 5.74) is 1.59. The summed E-state index contributed by atoms with van der Waals surface area (Å²) in [6, 6.07) is 15.7. The number of nitro groups is 1. The first-order chi connectivity index (χ1) is 11.1. The molecule has 6 heteroatoms. The fourth-order valence-corrected chi connectivity index (χ4v) is 2.45. The van der Waals surface area contributed by atoms with Gasteiger partial charge in [0.25, 0.3) is 5.69 Å². The molecule has 1 aliphatic rings. The summed E-state index contributed by atoms with van der Waals surface area (Å²) in [7, 11) is 0. The van der Waals surface area contributed by atoms with Crippen molar-refractivity contribution in [1.82, 2.24) is 0 Å². The molecule has 1 aliphatic carbocycles. The third-order valence-electron chi connectivity index (χ3n) is 3.75. The monoisotopic (exact) mass is 310 g/mol. The summed E-state index contributed by atoms with van der Waals surface area (Å²) in [5, 5.41) is 14.3. The zero-order valence-electron chi connectivity index (χ0n) is 12.2. The van der Waals surface area contributed by atoms with Crippen LogP contribution in [-0.2, 0) is 9.63 Å². The second kappa shape index (κ2) is 6.39. The Morgan fingerprint density at radius 2 is 2.00 bits per heavy atom. The minimum Gasteiger partial charge on any atom is -0.318 e. The zero-order chi connectivity index (χ0) is 16.2. The van der Waals surface area contributed by atoms with Gasteiger partial charge < -0.3 is 4.84 Å². The Balaban J connectivity index is 1.56. The summed E-state index contributed by atoms with van der Waals surface area (Å²) in [6.07, 6.45) is 2.06. The van der Waals surface area contributed by atoms with E-state index in [0.717, 1.165) is 12.0 Å². The molecule has 116 valence electrons. The molecule has 2 atom stereocenters. The van der Waals surface area contributed by atoms with Crippen LogP contribution in [0.1, 0.15) is 23.5 Å². The molecule has 0 spiro atoms. The van der Waals surface area contributed by atoms with Crippen molar-refractivity contribution in [2.75, 3.05) is 0 Å². The van der Waals surface area contributed by atoms with Crippen molar-refractivity contribution in [1.29, 1.82) is 0 Å². The molecule has 0 unspecified atom stereocenters. The lowest BCUT2D eigenvalue weighted by Gasteiger charge is -1.98. The van der Waals surface area contributed by atoms with Crippen LogP contribution in [0.15, 0.2) is 59.8 Å². The van der Waals surface area contributed by atoms with Gasteiger partial charge in [-0.15, -0.1) is 0 Å². The molecule has 0 amide bonds. The molecule has 1 saturated carbocycles. The molecule has 0 aromatic heterocycles. The van der Waals surface area contributed by atoms with E-state index in [4.69, 9.17) is 4.84 Å². The van der Waals surface area contributed by atoms with Gasteiger partial charge in [0, 0.05) is 17.7 Å². The van der Waals surface area contributed by atoms with Gasteiger partial charge in [0.15, 0.2) is 0 Å². The Hall–Kier alpha value is -3.02. The van der Waals surface area contributed by atoms with Crippen molar-refractivity contribution in [3.63, 3.8) is 0 Å². The van der Waals surface area contributed by atoms with Gasteiger partial charge in [-0.3, -0.25) is 10.1 Å². The number of oxime groups is 1. The van der Waals surface area contributed by atoms with Gasteiger partial charge in [0.1, 0.15) is 0 Å². The molecule has 0 bridgehead atoms. The second-order valence-electron chi connectivity index (χ2n) is 5.36. The van der Waals surface area contributed by atoms with Crippen LogP contribution in [0.25, 0.3) is 0 Å². The van der Waals surface area contributed by atoms with E-state index in [1.165, 1.54) is 18.3 Å².